The number of halogens is 2. The lowest BCUT2D eigenvalue weighted by molar-refractivity contribution is 0.626. The summed E-state index contributed by atoms with van der Waals surface area (Å²) in [6.45, 7) is 0. The van der Waals surface area contributed by atoms with Gasteiger partial charge in [-0.1, -0.05) is 23.4 Å². The number of nitrogens with zero attached hydrogens (tertiary/aromatic N) is 1. The number of hydrogen-bond acceptors (Lipinski definition) is 2. The van der Waals surface area contributed by atoms with Crippen LogP contribution in [0.15, 0.2) is 52.3 Å². The molecule has 0 saturated carbocycles. The zero-order chi connectivity index (χ0) is 12.3. The summed E-state index contributed by atoms with van der Waals surface area (Å²) in [6, 6.07) is 13.4. The Labute approximate surface area is 108 Å². The highest BCUT2D eigenvalue weighted by Crippen LogP contribution is 2.31. The van der Waals surface area contributed by atoms with E-state index in [9.17, 15) is 4.39 Å². The lowest BCUT2D eigenvalue weighted by Crippen LogP contribution is -1.83. The summed E-state index contributed by atoms with van der Waals surface area (Å²) in [5, 5.41) is 9.57. The van der Waals surface area contributed by atoms with Crippen molar-refractivity contribution in [3.05, 3.63) is 58.9 Å². The van der Waals surface area contributed by atoms with Crippen molar-refractivity contribution in [2.24, 2.45) is 0 Å². The summed E-state index contributed by atoms with van der Waals surface area (Å²) in [5.74, 6) is -0.401. The van der Waals surface area contributed by atoms with E-state index in [1.54, 1.807) is 18.2 Å². The van der Waals surface area contributed by atoms with Gasteiger partial charge in [-0.15, -0.1) is 0 Å². The minimum atomic E-state index is -0.401. The normalized spacial score (nSPS) is 9.94. The molecule has 0 aliphatic carbocycles. The van der Waals surface area contributed by atoms with E-state index in [1.807, 2.05) is 18.2 Å². The Bertz CT molecular complexity index is 575. The van der Waals surface area contributed by atoms with Crippen molar-refractivity contribution in [3.8, 4) is 6.07 Å². The van der Waals surface area contributed by atoms with Crippen LogP contribution in [0.4, 0.5) is 4.39 Å². The fraction of sp³-hybridized carbons (Fsp3) is 0. The molecule has 2 aromatic carbocycles. The highest BCUT2D eigenvalue weighted by molar-refractivity contribution is 7.99. The lowest BCUT2D eigenvalue weighted by Gasteiger charge is -2.03. The summed E-state index contributed by atoms with van der Waals surface area (Å²) >= 11 is 7.19. The Morgan fingerprint density at radius 1 is 1.12 bits per heavy atom. The largest absolute Gasteiger partial charge is 0.207 e. The van der Waals surface area contributed by atoms with Gasteiger partial charge in [0.1, 0.15) is 11.9 Å². The van der Waals surface area contributed by atoms with Crippen molar-refractivity contribution in [2.75, 3.05) is 0 Å². The molecule has 0 fully saturated rings. The maximum atomic E-state index is 12.9. The Balaban J connectivity index is 2.30. The van der Waals surface area contributed by atoms with Crippen LogP contribution in [0.5, 0.6) is 0 Å². The molecule has 17 heavy (non-hydrogen) atoms. The van der Waals surface area contributed by atoms with Crippen LogP contribution in [0.3, 0.4) is 0 Å². The maximum absolute atomic E-state index is 12.9. The second-order valence-electron chi connectivity index (χ2n) is 3.31. The molecule has 0 amide bonds. The molecule has 0 heterocycles. The Kier molecular flexibility index (Phi) is 3.68. The van der Waals surface area contributed by atoms with E-state index >= 15 is 0 Å². The Morgan fingerprint density at radius 3 is 2.47 bits per heavy atom. The summed E-state index contributed by atoms with van der Waals surface area (Å²) in [4.78, 5) is 1.69. The van der Waals surface area contributed by atoms with Crippen LogP contribution in [0, 0.1) is 17.1 Å². The van der Waals surface area contributed by atoms with Gasteiger partial charge in [0.05, 0.1) is 5.56 Å². The molecule has 0 aliphatic rings. The molecular weight excluding hydrogens is 257 g/mol. The van der Waals surface area contributed by atoms with Crippen molar-refractivity contribution >= 4 is 23.4 Å². The van der Waals surface area contributed by atoms with Gasteiger partial charge in [0.15, 0.2) is 0 Å². The molecule has 2 rings (SSSR count). The molecule has 0 aliphatic heterocycles. The minimum absolute atomic E-state index is 0.338. The van der Waals surface area contributed by atoms with Crippen LogP contribution in [0.25, 0.3) is 0 Å². The third kappa shape index (κ3) is 3.00. The highest BCUT2D eigenvalue weighted by Gasteiger charge is 2.05. The van der Waals surface area contributed by atoms with E-state index in [-0.39, 0.29) is 0 Å². The fourth-order valence-corrected chi connectivity index (χ4v) is 2.31. The van der Waals surface area contributed by atoms with Crippen LogP contribution in [-0.2, 0) is 0 Å². The average Bonchev–Trinajstić information content (AvgIpc) is 2.34. The molecule has 0 unspecified atom stereocenters. The van der Waals surface area contributed by atoms with Gasteiger partial charge in [-0.3, -0.25) is 0 Å². The van der Waals surface area contributed by atoms with Crippen molar-refractivity contribution in [2.45, 2.75) is 9.79 Å². The second-order valence-corrected chi connectivity index (χ2v) is 4.86. The number of nitriles is 1. The lowest BCUT2D eigenvalue weighted by atomic mass is 10.2. The molecule has 1 nitrogen and oxygen atoms in total. The van der Waals surface area contributed by atoms with Gasteiger partial charge in [-0.25, -0.2) is 4.39 Å². The smallest absolute Gasteiger partial charge is 0.124 e. The first-order valence-electron chi connectivity index (χ1n) is 4.82. The van der Waals surface area contributed by atoms with Crippen molar-refractivity contribution in [1.82, 2.24) is 0 Å². The number of hydrogen-bond donors (Lipinski definition) is 0. The number of benzene rings is 2. The zero-order valence-corrected chi connectivity index (χ0v) is 10.2. The SMILES string of the molecule is N#Cc1cc(F)ccc1Sc1ccc(Cl)cc1. The average molecular weight is 264 g/mol. The third-order valence-electron chi connectivity index (χ3n) is 2.10. The zero-order valence-electron chi connectivity index (χ0n) is 8.65. The topological polar surface area (TPSA) is 23.8 Å². The second kappa shape index (κ2) is 5.22. The molecule has 0 atom stereocenters. The molecule has 2 aromatic rings. The summed E-state index contributed by atoms with van der Waals surface area (Å²) < 4.78 is 12.9. The molecule has 0 bridgehead atoms. The van der Waals surface area contributed by atoms with Gasteiger partial charge in [0.25, 0.3) is 0 Å². The van der Waals surface area contributed by atoms with Crippen LogP contribution in [0.1, 0.15) is 5.56 Å². The van der Waals surface area contributed by atoms with E-state index in [4.69, 9.17) is 16.9 Å². The summed E-state index contributed by atoms with van der Waals surface area (Å²) in [6.07, 6.45) is 0. The number of rotatable bonds is 2. The van der Waals surface area contributed by atoms with E-state index < -0.39 is 5.82 Å². The molecule has 0 saturated heterocycles. The van der Waals surface area contributed by atoms with Crippen LogP contribution >= 0.6 is 23.4 Å². The van der Waals surface area contributed by atoms with Crippen LogP contribution < -0.4 is 0 Å². The maximum Gasteiger partial charge on any atom is 0.124 e. The van der Waals surface area contributed by atoms with Crippen molar-refractivity contribution in [3.63, 3.8) is 0 Å². The van der Waals surface area contributed by atoms with Gasteiger partial charge in [-0.05, 0) is 42.5 Å². The standard InChI is InChI=1S/C13H7ClFNS/c14-10-1-4-12(5-2-10)17-13-6-3-11(15)7-9(13)8-16/h1-7H. The molecule has 0 aromatic heterocycles. The van der Waals surface area contributed by atoms with Gasteiger partial charge in [0, 0.05) is 14.8 Å². The molecule has 4 heteroatoms. The first-order chi connectivity index (χ1) is 8.19. The van der Waals surface area contributed by atoms with Crippen molar-refractivity contribution in [1.29, 1.82) is 5.26 Å². The monoisotopic (exact) mass is 263 g/mol. The molecule has 0 radical (unpaired) electrons. The molecule has 0 N–H and O–H groups in total. The van der Waals surface area contributed by atoms with Gasteiger partial charge >= 0.3 is 0 Å². The first-order valence-corrected chi connectivity index (χ1v) is 6.01. The molecular formula is C13H7ClFNS. The predicted octanol–water partition coefficient (Wildman–Crippen LogP) is 4.50. The van der Waals surface area contributed by atoms with Crippen LogP contribution in [0.2, 0.25) is 5.02 Å². The fourth-order valence-electron chi connectivity index (χ4n) is 1.31. The van der Waals surface area contributed by atoms with Gasteiger partial charge < -0.3 is 0 Å². The summed E-state index contributed by atoms with van der Waals surface area (Å²) in [5.41, 5.74) is 0.338. The Morgan fingerprint density at radius 2 is 1.82 bits per heavy atom. The minimum Gasteiger partial charge on any atom is -0.207 e. The van der Waals surface area contributed by atoms with Crippen LogP contribution in [-0.4, -0.2) is 0 Å². The summed E-state index contributed by atoms with van der Waals surface area (Å²) in [7, 11) is 0. The Hall–Kier alpha value is -1.50. The molecule has 0 spiro atoms. The van der Waals surface area contributed by atoms with E-state index in [0.717, 1.165) is 9.79 Å². The van der Waals surface area contributed by atoms with Crippen molar-refractivity contribution < 1.29 is 4.39 Å². The quantitative estimate of drug-likeness (QED) is 0.796. The predicted molar refractivity (Wildman–Crippen MR) is 66.7 cm³/mol. The van der Waals surface area contributed by atoms with E-state index in [0.29, 0.717) is 10.6 Å². The van der Waals surface area contributed by atoms with Gasteiger partial charge in [-0.2, -0.15) is 5.26 Å². The van der Waals surface area contributed by atoms with E-state index in [1.165, 1.54) is 23.9 Å². The van der Waals surface area contributed by atoms with Gasteiger partial charge in [0.2, 0.25) is 0 Å². The van der Waals surface area contributed by atoms with E-state index in [2.05, 4.69) is 0 Å². The third-order valence-corrected chi connectivity index (χ3v) is 3.44. The molecule has 84 valence electrons. The first kappa shape index (κ1) is 12.0. The highest BCUT2D eigenvalue weighted by atomic mass is 35.5.